The Kier molecular flexibility index (Phi) is 4.39. The minimum absolute atomic E-state index is 0.700. The minimum atomic E-state index is 0.700. The fraction of sp³-hybridized carbons (Fsp3) is 0.750. The van der Waals surface area contributed by atoms with Crippen LogP contribution in [0.3, 0.4) is 0 Å². The molecule has 0 bridgehead atoms. The molecule has 2 aliphatic heterocycles. The Morgan fingerprint density at radius 1 is 1.22 bits per heavy atom. The lowest BCUT2D eigenvalue weighted by Gasteiger charge is -2.35. The molecule has 0 amide bonds. The lowest BCUT2D eigenvalue weighted by atomic mass is 10.1. The van der Waals surface area contributed by atoms with Crippen LogP contribution < -0.4 is 10.6 Å². The largest absolute Gasteiger partial charge is 0.370 e. The van der Waals surface area contributed by atoms with Gasteiger partial charge in [-0.15, -0.1) is 11.3 Å². The van der Waals surface area contributed by atoms with Gasteiger partial charge in [-0.25, -0.2) is 4.98 Å². The molecule has 1 aromatic rings. The van der Waals surface area contributed by atoms with Crippen molar-refractivity contribution < 1.29 is 0 Å². The van der Waals surface area contributed by atoms with Gasteiger partial charge in [-0.05, 0) is 31.7 Å². The van der Waals surface area contributed by atoms with Crippen LogP contribution in [0.25, 0.3) is 0 Å². The molecule has 3 fully saturated rings. The molecule has 4 rings (SSSR count). The van der Waals surface area contributed by atoms with E-state index in [1.54, 1.807) is 11.3 Å². The maximum Gasteiger partial charge on any atom is 0.191 e. The van der Waals surface area contributed by atoms with Crippen LogP contribution in [0.15, 0.2) is 16.6 Å². The molecule has 0 radical (unpaired) electrons. The van der Waals surface area contributed by atoms with Gasteiger partial charge >= 0.3 is 0 Å². The van der Waals surface area contributed by atoms with Crippen molar-refractivity contribution >= 4 is 22.4 Å². The maximum atomic E-state index is 6.23. The normalized spacial score (nSPS) is 27.0. The summed E-state index contributed by atoms with van der Waals surface area (Å²) in [6.45, 7) is 7.20. The number of nitrogens with zero attached hydrogens (tertiary/aromatic N) is 5. The van der Waals surface area contributed by atoms with Gasteiger partial charge in [0.1, 0.15) is 0 Å². The zero-order valence-electron chi connectivity index (χ0n) is 13.6. The number of guanidine groups is 1. The van der Waals surface area contributed by atoms with E-state index in [2.05, 4.69) is 19.7 Å². The third-order valence-corrected chi connectivity index (χ3v) is 6.02. The lowest BCUT2D eigenvalue weighted by molar-refractivity contribution is 0.315. The molecule has 1 saturated carbocycles. The fourth-order valence-corrected chi connectivity index (χ4v) is 4.30. The third-order valence-electron chi connectivity index (χ3n) is 5.19. The van der Waals surface area contributed by atoms with Crippen molar-refractivity contribution in [1.82, 2.24) is 14.8 Å². The summed E-state index contributed by atoms with van der Waals surface area (Å²) in [5, 5.41) is 3.15. The zero-order valence-corrected chi connectivity index (χ0v) is 14.4. The number of anilines is 1. The Morgan fingerprint density at radius 2 is 2.04 bits per heavy atom. The van der Waals surface area contributed by atoms with Crippen molar-refractivity contribution in [2.45, 2.75) is 25.3 Å². The molecule has 0 aromatic carbocycles. The van der Waals surface area contributed by atoms with Crippen molar-refractivity contribution in [3.8, 4) is 0 Å². The molecule has 2 N–H and O–H groups in total. The van der Waals surface area contributed by atoms with Crippen LogP contribution in [0.1, 0.15) is 19.3 Å². The van der Waals surface area contributed by atoms with Gasteiger partial charge in [-0.2, -0.15) is 0 Å². The van der Waals surface area contributed by atoms with E-state index in [-0.39, 0.29) is 0 Å². The number of rotatable bonds is 4. The van der Waals surface area contributed by atoms with E-state index in [0.29, 0.717) is 5.92 Å². The van der Waals surface area contributed by atoms with Crippen LogP contribution >= 0.6 is 11.3 Å². The molecule has 126 valence electrons. The van der Waals surface area contributed by atoms with Crippen molar-refractivity contribution in [2.75, 3.05) is 50.7 Å². The van der Waals surface area contributed by atoms with Gasteiger partial charge in [0.05, 0.1) is 0 Å². The van der Waals surface area contributed by atoms with Crippen molar-refractivity contribution in [2.24, 2.45) is 16.6 Å². The predicted octanol–water partition coefficient (Wildman–Crippen LogP) is 1.06. The molecular weight excluding hydrogens is 308 g/mol. The Labute approximate surface area is 142 Å². The predicted molar refractivity (Wildman–Crippen MR) is 95.1 cm³/mol. The first kappa shape index (κ1) is 15.2. The fourth-order valence-electron chi connectivity index (χ4n) is 3.60. The summed E-state index contributed by atoms with van der Waals surface area (Å²) in [4.78, 5) is 16.3. The van der Waals surface area contributed by atoms with Gasteiger partial charge < -0.3 is 20.4 Å². The molecule has 1 aromatic heterocycles. The number of hydrogen-bond acceptors (Lipinski definition) is 5. The highest BCUT2D eigenvalue weighted by Gasteiger charge is 2.34. The molecular formula is C16H26N6S. The van der Waals surface area contributed by atoms with Gasteiger partial charge in [0.15, 0.2) is 11.1 Å². The first-order valence-corrected chi connectivity index (χ1v) is 9.61. The van der Waals surface area contributed by atoms with E-state index in [1.807, 2.05) is 11.6 Å². The molecule has 1 aliphatic carbocycles. The molecule has 0 spiro atoms. The van der Waals surface area contributed by atoms with Gasteiger partial charge in [0.2, 0.25) is 0 Å². The van der Waals surface area contributed by atoms with E-state index in [9.17, 15) is 0 Å². The van der Waals surface area contributed by atoms with Gasteiger partial charge in [0.25, 0.3) is 0 Å². The summed E-state index contributed by atoms with van der Waals surface area (Å²) in [7, 11) is 0. The average Bonchev–Trinajstić information content (AvgIpc) is 3.11. The monoisotopic (exact) mass is 334 g/mol. The zero-order chi connectivity index (χ0) is 15.6. The van der Waals surface area contributed by atoms with Crippen LogP contribution in [0.5, 0.6) is 0 Å². The van der Waals surface area contributed by atoms with Crippen LogP contribution in [-0.4, -0.2) is 72.6 Å². The van der Waals surface area contributed by atoms with Gasteiger partial charge in [-0.1, -0.05) is 0 Å². The smallest absolute Gasteiger partial charge is 0.191 e. The molecule has 3 aliphatic rings. The molecule has 7 heteroatoms. The molecule has 6 nitrogen and oxygen atoms in total. The van der Waals surface area contributed by atoms with Crippen molar-refractivity contribution in [1.29, 1.82) is 0 Å². The second-order valence-corrected chi connectivity index (χ2v) is 7.74. The number of hydrogen-bond donors (Lipinski definition) is 1. The number of nitrogens with two attached hydrogens (primary N) is 1. The summed E-state index contributed by atoms with van der Waals surface area (Å²) in [6.07, 6.45) is 5.96. The second-order valence-electron chi connectivity index (χ2n) is 6.87. The van der Waals surface area contributed by atoms with E-state index in [0.717, 1.165) is 49.9 Å². The number of piperazine rings is 1. The van der Waals surface area contributed by atoms with Crippen molar-refractivity contribution in [3.63, 3.8) is 0 Å². The first-order chi connectivity index (χ1) is 11.3. The topological polar surface area (TPSA) is 61.0 Å². The number of likely N-dealkylation sites (tertiary alicyclic amines) is 1. The lowest BCUT2D eigenvalue weighted by Crippen LogP contribution is -2.51. The van der Waals surface area contributed by atoms with Crippen LogP contribution in [0, 0.1) is 5.92 Å². The SMILES string of the molecule is NC(=NCC1CCN(C2CC2)C1)N1CCN(c2nccs2)CC1. The minimum Gasteiger partial charge on any atom is -0.370 e. The Bertz CT molecular complexity index is 533. The molecule has 1 unspecified atom stereocenters. The second kappa shape index (κ2) is 6.65. The summed E-state index contributed by atoms with van der Waals surface area (Å²) < 4.78 is 0. The quantitative estimate of drug-likeness (QED) is 0.659. The number of aromatic nitrogens is 1. The summed E-state index contributed by atoms with van der Waals surface area (Å²) in [5.41, 5.74) is 6.23. The first-order valence-electron chi connectivity index (χ1n) is 8.73. The molecule has 1 atom stereocenters. The highest BCUT2D eigenvalue weighted by atomic mass is 32.1. The molecule has 3 heterocycles. The number of thiazole rings is 1. The van der Waals surface area contributed by atoms with Crippen LogP contribution in [0.2, 0.25) is 0 Å². The highest BCUT2D eigenvalue weighted by molar-refractivity contribution is 7.13. The Hall–Kier alpha value is -1.34. The van der Waals surface area contributed by atoms with E-state index >= 15 is 0 Å². The van der Waals surface area contributed by atoms with Crippen LogP contribution in [-0.2, 0) is 0 Å². The third kappa shape index (κ3) is 3.61. The Balaban J connectivity index is 1.24. The van der Waals surface area contributed by atoms with Gasteiger partial charge in [-0.3, -0.25) is 4.99 Å². The van der Waals surface area contributed by atoms with E-state index in [4.69, 9.17) is 10.7 Å². The maximum absolute atomic E-state index is 6.23. The van der Waals surface area contributed by atoms with Crippen molar-refractivity contribution in [3.05, 3.63) is 11.6 Å². The summed E-state index contributed by atoms with van der Waals surface area (Å²) in [6, 6.07) is 0.889. The standard InChI is InChI=1S/C16H26N6S/c17-15(19-11-13-3-5-22(12-13)14-1-2-14)20-6-8-21(9-7-20)16-18-4-10-23-16/h4,10,13-14H,1-3,5-9,11-12H2,(H2,17,19). The van der Waals surface area contributed by atoms with E-state index in [1.165, 1.54) is 32.4 Å². The summed E-state index contributed by atoms with van der Waals surface area (Å²) in [5.74, 6) is 1.43. The van der Waals surface area contributed by atoms with Crippen LogP contribution in [0.4, 0.5) is 5.13 Å². The highest BCUT2D eigenvalue weighted by Crippen LogP contribution is 2.31. The Morgan fingerprint density at radius 3 is 2.74 bits per heavy atom. The number of aliphatic imine (C=N–C) groups is 1. The average molecular weight is 334 g/mol. The molecule has 23 heavy (non-hydrogen) atoms. The summed E-state index contributed by atoms with van der Waals surface area (Å²) >= 11 is 1.70. The molecule has 2 saturated heterocycles. The van der Waals surface area contributed by atoms with E-state index < -0.39 is 0 Å². The van der Waals surface area contributed by atoms with Gasteiger partial charge in [0, 0.05) is 56.9 Å².